The minimum Gasteiger partial charge on any atom is -0.277 e. The number of hydrogen-bond donors (Lipinski definition) is 1. The standard InChI is InChI=1S/C11H7ClN2S/c12-10-6-5-9(15-10)11-7-3-1-2-4-8(7)13-14-11/h1-6H,(H,13,14). The Balaban J connectivity index is 2.27. The first-order valence-corrected chi connectivity index (χ1v) is 5.73. The molecular weight excluding hydrogens is 228 g/mol. The Hall–Kier alpha value is -1.32. The Morgan fingerprint density at radius 3 is 2.80 bits per heavy atom. The van der Waals surface area contributed by atoms with Crippen LogP contribution in [0, 0.1) is 0 Å². The molecule has 4 heteroatoms. The van der Waals surface area contributed by atoms with Crippen molar-refractivity contribution in [1.29, 1.82) is 0 Å². The highest BCUT2D eigenvalue weighted by Gasteiger charge is 2.09. The number of H-pyrrole nitrogens is 1. The van der Waals surface area contributed by atoms with Gasteiger partial charge in [0.05, 0.1) is 14.7 Å². The van der Waals surface area contributed by atoms with Gasteiger partial charge in [0.15, 0.2) is 0 Å². The highest BCUT2D eigenvalue weighted by atomic mass is 35.5. The normalized spacial score (nSPS) is 11.0. The van der Waals surface area contributed by atoms with Gasteiger partial charge in [-0.1, -0.05) is 29.8 Å². The smallest absolute Gasteiger partial charge is 0.110 e. The van der Waals surface area contributed by atoms with Gasteiger partial charge in [-0.05, 0) is 18.2 Å². The van der Waals surface area contributed by atoms with Crippen LogP contribution in [0.2, 0.25) is 4.34 Å². The van der Waals surface area contributed by atoms with Gasteiger partial charge >= 0.3 is 0 Å². The molecule has 0 spiro atoms. The Bertz CT molecular complexity index is 612. The third kappa shape index (κ3) is 1.44. The number of nitrogens with zero attached hydrogens (tertiary/aromatic N) is 1. The summed E-state index contributed by atoms with van der Waals surface area (Å²) in [7, 11) is 0. The van der Waals surface area contributed by atoms with Crippen molar-refractivity contribution < 1.29 is 0 Å². The lowest BCUT2D eigenvalue weighted by atomic mass is 10.2. The molecule has 74 valence electrons. The van der Waals surface area contributed by atoms with Crippen molar-refractivity contribution in [3.8, 4) is 10.6 Å². The summed E-state index contributed by atoms with van der Waals surface area (Å²) in [5.41, 5.74) is 2.03. The molecule has 0 unspecified atom stereocenters. The van der Waals surface area contributed by atoms with E-state index in [1.807, 2.05) is 30.3 Å². The number of halogens is 1. The van der Waals surface area contributed by atoms with Crippen LogP contribution < -0.4 is 0 Å². The molecule has 1 aromatic carbocycles. The van der Waals surface area contributed by atoms with E-state index in [0.29, 0.717) is 0 Å². The van der Waals surface area contributed by atoms with E-state index in [1.165, 1.54) is 0 Å². The average molecular weight is 235 g/mol. The number of benzene rings is 1. The highest BCUT2D eigenvalue weighted by Crippen LogP contribution is 2.33. The molecule has 0 amide bonds. The second-order valence-electron chi connectivity index (χ2n) is 3.22. The first kappa shape index (κ1) is 8.95. The molecule has 0 atom stereocenters. The fraction of sp³-hybridized carbons (Fsp3) is 0. The number of aromatic amines is 1. The predicted molar refractivity (Wildman–Crippen MR) is 64.4 cm³/mol. The fourth-order valence-electron chi connectivity index (χ4n) is 1.59. The van der Waals surface area contributed by atoms with Crippen LogP contribution in [0.25, 0.3) is 21.5 Å². The first-order valence-electron chi connectivity index (χ1n) is 4.53. The van der Waals surface area contributed by atoms with Gasteiger partial charge < -0.3 is 0 Å². The van der Waals surface area contributed by atoms with E-state index in [2.05, 4.69) is 16.3 Å². The molecule has 0 aliphatic rings. The Morgan fingerprint density at radius 1 is 1.13 bits per heavy atom. The highest BCUT2D eigenvalue weighted by molar-refractivity contribution is 7.19. The van der Waals surface area contributed by atoms with E-state index >= 15 is 0 Å². The average Bonchev–Trinajstić information content (AvgIpc) is 2.83. The number of thiophene rings is 1. The van der Waals surface area contributed by atoms with Crippen molar-refractivity contribution in [3.05, 3.63) is 40.7 Å². The van der Waals surface area contributed by atoms with Crippen molar-refractivity contribution in [3.63, 3.8) is 0 Å². The van der Waals surface area contributed by atoms with Gasteiger partial charge in [0.25, 0.3) is 0 Å². The third-order valence-corrected chi connectivity index (χ3v) is 3.51. The molecule has 2 heterocycles. The first-order chi connectivity index (χ1) is 7.34. The van der Waals surface area contributed by atoms with Crippen LogP contribution in [0.15, 0.2) is 36.4 Å². The van der Waals surface area contributed by atoms with Crippen LogP contribution >= 0.6 is 22.9 Å². The molecule has 0 saturated heterocycles. The number of aromatic nitrogens is 2. The number of nitrogens with one attached hydrogen (secondary N) is 1. The molecule has 0 fully saturated rings. The minimum atomic E-state index is 0.789. The van der Waals surface area contributed by atoms with Gasteiger partial charge in [-0.3, -0.25) is 5.10 Å². The zero-order valence-electron chi connectivity index (χ0n) is 7.70. The van der Waals surface area contributed by atoms with Gasteiger partial charge in [0.1, 0.15) is 5.69 Å². The summed E-state index contributed by atoms with van der Waals surface area (Å²) in [5.74, 6) is 0. The van der Waals surface area contributed by atoms with Crippen molar-refractivity contribution >= 4 is 33.8 Å². The molecule has 0 bridgehead atoms. The fourth-order valence-corrected chi connectivity index (χ4v) is 2.64. The number of para-hydroxylation sites is 1. The van der Waals surface area contributed by atoms with Crippen LogP contribution in [0.1, 0.15) is 0 Å². The molecule has 0 aliphatic heterocycles. The second-order valence-corrected chi connectivity index (χ2v) is 4.94. The van der Waals surface area contributed by atoms with Crippen LogP contribution in [-0.4, -0.2) is 10.2 Å². The summed E-state index contributed by atoms with van der Waals surface area (Å²) in [5, 5.41) is 8.45. The molecule has 3 aromatic rings. The van der Waals surface area contributed by atoms with Crippen molar-refractivity contribution in [1.82, 2.24) is 10.2 Å². The number of hydrogen-bond acceptors (Lipinski definition) is 2. The van der Waals surface area contributed by atoms with E-state index in [9.17, 15) is 0 Å². The van der Waals surface area contributed by atoms with Crippen LogP contribution in [0.3, 0.4) is 0 Å². The third-order valence-electron chi connectivity index (χ3n) is 2.28. The summed E-state index contributed by atoms with van der Waals surface area (Å²) in [6.45, 7) is 0. The van der Waals surface area contributed by atoms with Crippen LogP contribution in [-0.2, 0) is 0 Å². The van der Waals surface area contributed by atoms with Crippen LogP contribution in [0.5, 0.6) is 0 Å². The van der Waals surface area contributed by atoms with Crippen molar-refractivity contribution in [2.45, 2.75) is 0 Å². The number of rotatable bonds is 1. The summed E-state index contributed by atoms with van der Waals surface area (Å²) in [6, 6.07) is 12.0. The topological polar surface area (TPSA) is 28.7 Å². The maximum absolute atomic E-state index is 5.91. The summed E-state index contributed by atoms with van der Waals surface area (Å²) >= 11 is 7.45. The summed E-state index contributed by atoms with van der Waals surface area (Å²) in [4.78, 5) is 1.09. The van der Waals surface area contributed by atoms with Gasteiger partial charge in [0, 0.05) is 5.39 Å². The molecule has 15 heavy (non-hydrogen) atoms. The maximum Gasteiger partial charge on any atom is 0.110 e. The predicted octanol–water partition coefficient (Wildman–Crippen LogP) is 3.94. The van der Waals surface area contributed by atoms with E-state index in [1.54, 1.807) is 11.3 Å². The lowest BCUT2D eigenvalue weighted by molar-refractivity contribution is 1.13. The van der Waals surface area contributed by atoms with Gasteiger partial charge in [-0.25, -0.2) is 0 Å². The Labute approximate surface area is 95.5 Å². The minimum absolute atomic E-state index is 0.789. The quantitative estimate of drug-likeness (QED) is 0.679. The van der Waals surface area contributed by atoms with Gasteiger partial charge in [0.2, 0.25) is 0 Å². The largest absolute Gasteiger partial charge is 0.277 e. The van der Waals surface area contributed by atoms with E-state index < -0.39 is 0 Å². The lowest BCUT2D eigenvalue weighted by Gasteiger charge is -1.91. The van der Waals surface area contributed by atoms with E-state index in [4.69, 9.17) is 11.6 Å². The van der Waals surface area contributed by atoms with E-state index in [0.717, 1.165) is 25.8 Å². The van der Waals surface area contributed by atoms with Crippen LogP contribution in [0.4, 0.5) is 0 Å². The SMILES string of the molecule is Clc1ccc(-c2n[nH]c3ccccc23)s1. The molecular formula is C11H7ClN2S. The molecule has 2 aromatic heterocycles. The maximum atomic E-state index is 5.91. The molecule has 3 rings (SSSR count). The summed E-state index contributed by atoms with van der Waals surface area (Å²) in [6.07, 6.45) is 0. The van der Waals surface area contributed by atoms with E-state index in [-0.39, 0.29) is 0 Å². The van der Waals surface area contributed by atoms with Gasteiger partial charge in [-0.15, -0.1) is 11.3 Å². The number of fused-ring (bicyclic) bond motifs is 1. The zero-order chi connectivity index (χ0) is 10.3. The van der Waals surface area contributed by atoms with Crippen molar-refractivity contribution in [2.24, 2.45) is 0 Å². The lowest BCUT2D eigenvalue weighted by Crippen LogP contribution is -1.71. The molecule has 0 saturated carbocycles. The Morgan fingerprint density at radius 2 is 2.00 bits per heavy atom. The van der Waals surface area contributed by atoms with Gasteiger partial charge in [-0.2, -0.15) is 5.10 Å². The van der Waals surface area contributed by atoms with Crippen molar-refractivity contribution in [2.75, 3.05) is 0 Å². The second kappa shape index (κ2) is 3.36. The molecule has 0 radical (unpaired) electrons. The summed E-state index contributed by atoms with van der Waals surface area (Å²) < 4.78 is 0.789. The monoisotopic (exact) mass is 234 g/mol. The Kier molecular flexibility index (Phi) is 2.01. The zero-order valence-corrected chi connectivity index (χ0v) is 9.27. The molecule has 1 N–H and O–H groups in total. The molecule has 2 nitrogen and oxygen atoms in total. The molecule has 0 aliphatic carbocycles.